The zero-order chi connectivity index (χ0) is 69.2. The summed E-state index contributed by atoms with van der Waals surface area (Å²) in [5, 5.41) is 10.3. The van der Waals surface area contributed by atoms with Crippen LogP contribution in [0.4, 0.5) is 4.79 Å². The number of carbonyl (C=O) groups excluding carboxylic acids is 1. The Balaban J connectivity index is -0.00000161. The molecule has 0 aromatic rings. The van der Waals surface area contributed by atoms with Gasteiger partial charge < -0.3 is 24.5 Å². The highest BCUT2D eigenvalue weighted by molar-refractivity contribution is 5.67. The minimum atomic E-state index is -0.121. The number of hydrogen-bond donors (Lipinski definition) is 1. The molecule has 0 heterocycles. The van der Waals surface area contributed by atoms with Crippen LogP contribution in [0.5, 0.6) is 0 Å². The van der Waals surface area contributed by atoms with Gasteiger partial charge in [0.25, 0.3) is 0 Å². The Morgan fingerprint density at radius 3 is 0.777 bits per heavy atom. The second kappa shape index (κ2) is 86.2. The van der Waals surface area contributed by atoms with Gasteiger partial charge in [0, 0.05) is 19.6 Å². The maximum Gasteiger partial charge on any atom is 0.410 e. The summed E-state index contributed by atoms with van der Waals surface area (Å²) < 4.78 is 6.13. The number of unbranched alkanes of at least 4 members (excludes halogenated alkanes) is 38. The van der Waals surface area contributed by atoms with Gasteiger partial charge in [0.15, 0.2) is 0 Å². The molecule has 0 fully saturated rings. The van der Waals surface area contributed by atoms with E-state index < -0.39 is 0 Å². The van der Waals surface area contributed by atoms with Crippen molar-refractivity contribution in [1.82, 2.24) is 14.7 Å². The average Bonchev–Trinajstić information content (AvgIpc) is 1.94. The quantitative estimate of drug-likeness (QED) is 0.0486. The molecule has 0 aliphatic heterocycles. The van der Waals surface area contributed by atoms with Gasteiger partial charge in [-0.2, -0.15) is 0 Å². The Hall–Kier alpha value is -2.93. The molecule has 0 aliphatic rings. The lowest BCUT2D eigenvalue weighted by Gasteiger charge is -2.26. The molecule has 6 nitrogen and oxygen atoms in total. The Bertz CT molecular complexity index is 1620. The Kier molecular flexibility index (Phi) is 87.3. The van der Waals surface area contributed by atoms with E-state index in [4.69, 9.17) is 4.74 Å². The highest BCUT2D eigenvalue weighted by Crippen LogP contribution is 2.20. The van der Waals surface area contributed by atoms with Crippen LogP contribution in [0.15, 0.2) is 97.2 Å². The van der Waals surface area contributed by atoms with Crippen molar-refractivity contribution in [2.45, 2.75) is 407 Å². The molecule has 552 valence electrons. The standard InChI is InChI=1S/C44H82N2O2.C37H68O.C7H17N/c1-6-9-11-13-15-17-19-21-23-24-26-28-30-32-34-36-38-40-43(48-44(47)46(8-3)42-41-45(4)5)39-37-35-33-31-29-27-25-22-20-18-16-14-12-10-7-2;1-3-5-7-9-11-13-15-17-19-21-23-25-27-29-31-33-35-37(38)36-34-32-30-28-26-24-22-20-18-16-14-12-10-8-6-4-2;1-4-5-6-7-8(2)3/h15-18,21-23,25,43H,6-14,19-20,24,26-42H2,1-5H3;11-14,17-20,37-38H,3-10,15-16,21-36H2,1-2H3;4-7H2,1-3H3/b17-15-,18-16-,23-21-,25-22-;13-11-,14-12-,19-17-,20-18-;. The molecule has 0 saturated carbocycles. The van der Waals surface area contributed by atoms with Gasteiger partial charge in [0.05, 0.1) is 6.10 Å². The third-order valence-electron chi connectivity index (χ3n) is 17.9. The van der Waals surface area contributed by atoms with E-state index in [-0.39, 0.29) is 18.3 Å². The number of hydrogen-bond acceptors (Lipinski definition) is 5. The van der Waals surface area contributed by atoms with Gasteiger partial charge in [0.1, 0.15) is 6.10 Å². The molecule has 94 heavy (non-hydrogen) atoms. The van der Waals surface area contributed by atoms with Gasteiger partial charge in [0.2, 0.25) is 0 Å². The molecule has 1 amide bonds. The van der Waals surface area contributed by atoms with Crippen LogP contribution >= 0.6 is 0 Å². The molecule has 1 atom stereocenters. The topological polar surface area (TPSA) is 56.3 Å². The highest BCUT2D eigenvalue weighted by Gasteiger charge is 2.19. The molecule has 1 N–H and O–H groups in total. The Morgan fingerprint density at radius 2 is 0.521 bits per heavy atom. The highest BCUT2D eigenvalue weighted by atomic mass is 16.6. The molecular formula is C88H167N3O3. The first-order valence-corrected chi connectivity index (χ1v) is 41.3. The first-order chi connectivity index (χ1) is 46.1. The second-order valence-electron chi connectivity index (χ2n) is 28.0. The summed E-state index contributed by atoms with van der Waals surface area (Å²) in [6.45, 7) is 16.9. The fraction of sp³-hybridized carbons (Fsp3) is 0.807. The number of aliphatic hydroxyl groups excluding tert-OH is 1. The summed E-state index contributed by atoms with van der Waals surface area (Å²) in [5.74, 6) is 0. The molecule has 0 aliphatic carbocycles. The third-order valence-corrected chi connectivity index (χ3v) is 17.9. The number of ether oxygens (including phenoxy) is 1. The van der Waals surface area contributed by atoms with Crippen LogP contribution in [-0.2, 0) is 4.74 Å². The van der Waals surface area contributed by atoms with Crippen molar-refractivity contribution in [1.29, 1.82) is 0 Å². The molecule has 0 aromatic heterocycles. The number of aliphatic hydroxyl groups is 1. The predicted molar refractivity (Wildman–Crippen MR) is 426 cm³/mol. The summed E-state index contributed by atoms with van der Waals surface area (Å²) in [6.07, 6.45) is 107. The zero-order valence-electron chi connectivity index (χ0n) is 65.2. The normalized spacial score (nSPS) is 12.5. The molecule has 1 unspecified atom stereocenters. The SMILES string of the molecule is CCCCC/C=C\C/C=C\CCCCCCCCC(O)CCCCCCCC/C=C\C/C=C\CCCCC.CCCCC/C=C\C/C=C\CCCCCCCCCC(CCCCCCC/C=C\C/C=C\CCCCC)OC(=O)N(CC)CCN(C)C.CCCCCN(C)C. The van der Waals surface area contributed by atoms with Crippen LogP contribution in [0.1, 0.15) is 395 Å². The number of allylic oxidation sites excluding steroid dienone is 16. The maximum absolute atomic E-state index is 13.0. The summed E-state index contributed by atoms with van der Waals surface area (Å²) in [5.41, 5.74) is 0. The van der Waals surface area contributed by atoms with Crippen molar-refractivity contribution >= 4 is 6.09 Å². The van der Waals surface area contributed by atoms with E-state index >= 15 is 0 Å². The lowest BCUT2D eigenvalue weighted by atomic mass is 10.0. The maximum atomic E-state index is 13.0. The van der Waals surface area contributed by atoms with Crippen molar-refractivity contribution in [3.63, 3.8) is 0 Å². The minimum Gasteiger partial charge on any atom is -0.446 e. The van der Waals surface area contributed by atoms with Crippen LogP contribution in [0.2, 0.25) is 0 Å². The zero-order valence-corrected chi connectivity index (χ0v) is 65.2. The smallest absolute Gasteiger partial charge is 0.410 e. The van der Waals surface area contributed by atoms with Gasteiger partial charge in [-0.05, 0) is 215 Å². The van der Waals surface area contributed by atoms with E-state index in [9.17, 15) is 9.90 Å². The van der Waals surface area contributed by atoms with Gasteiger partial charge in [-0.1, -0.05) is 312 Å². The van der Waals surface area contributed by atoms with Crippen molar-refractivity contribution < 1.29 is 14.6 Å². The summed E-state index contributed by atoms with van der Waals surface area (Å²) in [7, 11) is 8.35. The van der Waals surface area contributed by atoms with E-state index in [0.29, 0.717) is 6.54 Å². The van der Waals surface area contributed by atoms with Gasteiger partial charge >= 0.3 is 6.09 Å². The van der Waals surface area contributed by atoms with Crippen LogP contribution in [-0.4, -0.2) is 92.5 Å². The first-order valence-electron chi connectivity index (χ1n) is 41.3. The van der Waals surface area contributed by atoms with Gasteiger partial charge in [-0.3, -0.25) is 0 Å². The fourth-order valence-corrected chi connectivity index (χ4v) is 11.5. The molecule has 6 heteroatoms. The molecule has 0 aromatic carbocycles. The molecule has 0 bridgehead atoms. The number of nitrogens with zero attached hydrogens (tertiary/aromatic N) is 3. The molecular weight excluding hydrogens is 1150 g/mol. The summed E-state index contributed by atoms with van der Waals surface area (Å²) in [6, 6.07) is 0. The third kappa shape index (κ3) is 87.1. The average molecular weight is 1320 g/mol. The van der Waals surface area contributed by atoms with Crippen LogP contribution in [0.25, 0.3) is 0 Å². The lowest BCUT2D eigenvalue weighted by Crippen LogP contribution is -2.38. The van der Waals surface area contributed by atoms with E-state index in [1.54, 1.807) is 0 Å². The second-order valence-corrected chi connectivity index (χ2v) is 28.0. The largest absolute Gasteiger partial charge is 0.446 e. The van der Waals surface area contributed by atoms with Crippen molar-refractivity contribution in [3.05, 3.63) is 97.2 Å². The molecule has 0 rings (SSSR count). The molecule has 0 spiro atoms. The van der Waals surface area contributed by atoms with Gasteiger partial charge in [-0.25, -0.2) is 4.79 Å². The predicted octanol–water partition coefficient (Wildman–Crippen LogP) is 28.3. The number of rotatable bonds is 69. The molecule has 0 radical (unpaired) electrons. The first kappa shape index (κ1) is 95.3. The summed E-state index contributed by atoms with van der Waals surface area (Å²) >= 11 is 0. The van der Waals surface area contributed by atoms with Crippen LogP contribution in [0, 0.1) is 0 Å². The van der Waals surface area contributed by atoms with Crippen molar-refractivity contribution in [2.75, 3.05) is 54.4 Å². The monoisotopic (exact) mass is 1310 g/mol. The number of carbonyl (C=O) groups is 1. The fourth-order valence-electron chi connectivity index (χ4n) is 11.5. The van der Waals surface area contributed by atoms with Crippen LogP contribution in [0.3, 0.4) is 0 Å². The van der Waals surface area contributed by atoms with E-state index in [1.165, 1.54) is 295 Å². The van der Waals surface area contributed by atoms with E-state index in [0.717, 1.165) is 77.3 Å². The van der Waals surface area contributed by atoms with E-state index in [2.05, 4.69) is 177 Å². The van der Waals surface area contributed by atoms with Gasteiger partial charge in [-0.15, -0.1) is 0 Å². The minimum absolute atomic E-state index is 0.0573. The summed E-state index contributed by atoms with van der Waals surface area (Å²) in [4.78, 5) is 19.2. The van der Waals surface area contributed by atoms with Crippen molar-refractivity contribution in [3.8, 4) is 0 Å². The van der Waals surface area contributed by atoms with Crippen LogP contribution < -0.4 is 0 Å². The number of amides is 1. The number of likely N-dealkylation sites (N-methyl/N-ethyl adjacent to an activating group) is 2. The molecule has 0 saturated heterocycles. The Labute approximate surface area is 590 Å². The Morgan fingerprint density at radius 1 is 0.287 bits per heavy atom. The van der Waals surface area contributed by atoms with Crippen molar-refractivity contribution in [2.24, 2.45) is 0 Å². The van der Waals surface area contributed by atoms with E-state index in [1.807, 2.05) is 4.90 Å². The lowest BCUT2D eigenvalue weighted by molar-refractivity contribution is 0.0524.